The SMILES string of the molecule is COc1cccc(OC)c1-n1c(NS(=O)(=O)[C@@H](C)[C@H](OC)c2ncc(Cl)cn2)nnc1C1=CC[C@H](OC)C1. The molecule has 0 spiro atoms. The first kappa shape index (κ1) is 27.8. The third-order valence-electron chi connectivity index (χ3n) is 6.28. The number of methoxy groups -OCH3 is 4. The summed E-state index contributed by atoms with van der Waals surface area (Å²) in [6.07, 6.45) is 5.02. The summed E-state index contributed by atoms with van der Waals surface area (Å²) in [6, 6.07) is 5.24. The number of anilines is 1. The summed E-state index contributed by atoms with van der Waals surface area (Å²) in [6.45, 7) is 1.49. The van der Waals surface area contributed by atoms with Crippen molar-refractivity contribution >= 4 is 33.1 Å². The van der Waals surface area contributed by atoms with Crippen LogP contribution in [0.3, 0.4) is 0 Å². The molecule has 0 bridgehead atoms. The van der Waals surface area contributed by atoms with E-state index < -0.39 is 21.4 Å². The van der Waals surface area contributed by atoms with Gasteiger partial charge in [-0.25, -0.2) is 18.4 Å². The predicted molar refractivity (Wildman–Crippen MR) is 141 cm³/mol. The second kappa shape index (κ2) is 11.6. The molecule has 1 aliphatic carbocycles. The molecule has 2 aromatic heterocycles. The lowest BCUT2D eigenvalue weighted by Crippen LogP contribution is -2.33. The quantitative estimate of drug-likeness (QED) is 0.368. The lowest BCUT2D eigenvalue weighted by molar-refractivity contribution is 0.0950. The first-order valence-corrected chi connectivity index (χ1v) is 13.6. The molecular weight excluding hydrogens is 536 g/mol. The first-order chi connectivity index (χ1) is 18.2. The van der Waals surface area contributed by atoms with Crippen molar-refractivity contribution in [3.63, 3.8) is 0 Å². The van der Waals surface area contributed by atoms with Gasteiger partial charge >= 0.3 is 0 Å². The van der Waals surface area contributed by atoms with Crippen molar-refractivity contribution in [3.8, 4) is 17.2 Å². The Hall–Kier alpha value is -3.26. The van der Waals surface area contributed by atoms with Crippen molar-refractivity contribution in [1.82, 2.24) is 24.7 Å². The van der Waals surface area contributed by atoms with Crippen molar-refractivity contribution in [2.24, 2.45) is 0 Å². The van der Waals surface area contributed by atoms with E-state index in [1.165, 1.54) is 40.6 Å². The number of sulfonamides is 1. The highest BCUT2D eigenvalue weighted by atomic mass is 35.5. The summed E-state index contributed by atoms with van der Waals surface area (Å²) in [5, 5.41) is 7.77. The molecule has 4 rings (SSSR count). The fourth-order valence-electron chi connectivity index (χ4n) is 4.23. The molecule has 204 valence electrons. The van der Waals surface area contributed by atoms with Gasteiger partial charge in [0.15, 0.2) is 11.6 Å². The molecule has 2 heterocycles. The zero-order valence-corrected chi connectivity index (χ0v) is 23.2. The Morgan fingerprint density at radius 2 is 1.74 bits per heavy atom. The van der Waals surface area contributed by atoms with E-state index in [2.05, 4.69) is 24.9 Å². The monoisotopic (exact) mass is 564 g/mol. The number of hydrogen-bond donors (Lipinski definition) is 1. The van der Waals surface area contributed by atoms with Gasteiger partial charge in [0, 0.05) is 33.0 Å². The Morgan fingerprint density at radius 1 is 1.08 bits per heavy atom. The Morgan fingerprint density at radius 3 is 2.29 bits per heavy atom. The van der Waals surface area contributed by atoms with Gasteiger partial charge in [0.25, 0.3) is 0 Å². The van der Waals surface area contributed by atoms with Gasteiger partial charge < -0.3 is 18.9 Å². The molecule has 38 heavy (non-hydrogen) atoms. The maximum atomic E-state index is 13.6. The van der Waals surface area contributed by atoms with Crippen molar-refractivity contribution in [2.75, 3.05) is 33.2 Å². The third-order valence-corrected chi connectivity index (χ3v) is 8.17. The molecule has 0 amide bonds. The molecule has 3 atom stereocenters. The summed E-state index contributed by atoms with van der Waals surface area (Å²) in [5.74, 6) is 1.42. The molecule has 0 radical (unpaired) electrons. The molecule has 0 unspecified atom stereocenters. The van der Waals surface area contributed by atoms with Crippen LogP contribution >= 0.6 is 11.6 Å². The molecule has 14 heteroatoms. The standard InChI is InChI=1S/C24H29ClN6O6S/c1-14(21(37-5)22-26-12-16(25)13-27-22)38(32,33)30-24-29-28-23(15-9-10-17(11-15)34-2)31(24)20-18(35-3)7-6-8-19(20)36-4/h6-9,12-14,17,21H,10-11H2,1-5H3,(H,29,30)/t14-,17-,21-/m0/s1. The fraction of sp³-hybridized carbons (Fsp3) is 0.417. The van der Waals surface area contributed by atoms with Gasteiger partial charge in [0.05, 0.1) is 25.3 Å². The van der Waals surface area contributed by atoms with Gasteiger partial charge in [0.2, 0.25) is 16.0 Å². The van der Waals surface area contributed by atoms with Gasteiger partial charge in [-0.3, -0.25) is 9.29 Å². The molecule has 0 aliphatic heterocycles. The normalized spacial score (nSPS) is 17.1. The number of hydrogen-bond acceptors (Lipinski definition) is 10. The average Bonchev–Trinajstić information content (AvgIpc) is 3.56. The minimum atomic E-state index is -4.12. The lowest BCUT2D eigenvalue weighted by Gasteiger charge is -2.23. The van der Waals surface area contributed by atoms with Crippen LogP contribution < -0.4 is 14.2 Å². The minimum absolute atomic E-state index is 0.0169. The number of aromatic nitrogens is 5. The van der Waals surface area contributed by atoms with E-state index in [0.29, 0.717) is 40.9 Å². The van der Waals surface area contributed by atoms with Gasteiger partial charge in [-0.15, -0.1) is 10.2 Å². The molecule has 1 aromatic carbocycles. The van der Waals surface area contributed by atoms with Gasteiger partial charge in [0.1, 0.15) is 28.5 Å². The van der Waals surface area contributed by atoms with E-state index in [4.69, 9.17) is 30.5 Å². The topological polar surface area (TPSA) is 140 Å². The highest BCUT2D eigenvalue weighted by molar-refractivity contribution is 7.93. The summed E-state index contributed by atoms with van der Waals surface area (Å²) >= 11 is 5.89. The number of halogens is 1. The summed E-state index contributed by atoms with van der Waals surface area (Å²) in [5.41, 5.74) is 1.29. The number of nitrogens with zero attached hydrogens (tertiary/aromatic N) is 5. The van der Waals surface area contributed by atoms with Crippen molar-refractivity contribution in [3.05, 3.63) is 53.3 Å². The second-order valence-electron chi connectivity index (χ2n) is 8.49. The Kier molecular flexibility index (Phi) is 8.51. The van der Waals surface area contributed by atoms with Crippen molar-refractivity contribution in [1.29, 1.82) is 0 Å². The Bertz CT molecular complexity index is 1390. The summed E-state index contributed by atoms with van der Waals surface area (Å²) < 4.78 is 53.6. The van der Waals surface area contributed by atoms with E-state index in [1.807, 2.05) is 6.08 Å². The number of rotatable bonds is 11. The van der Waals surface area contributed by atoms with Crippen LogP contribution in [0.2, 0.25) is 5.02 Å². The Balaban J connectivity index is 1.79. The number of benzene rings is 1. The maximum Gasteiger partial charge on any atom is 0.243 e. The summed E-state index contributed by atoms with van der Waals surface area (Å²) in [4.78, 5) is 8.25. The van der Waals surface area contributed by atoms with Crippen LogP contribution in [-0.2, 0) is 19.5 Å². The van der Waals surface area contributed by atoms with Crippen LogP contribution in [-0.4, -0.2) is 72.9 Å². The zero-order chi connectivity index (χ0) is 27.4. The first-order valence-electron chi connectivity index (χ1n) is 11.6. The van der Waals surface area contributed by atoms with Crippen LogP contribution in [0.5, 0.6) is 11.5 Å². The lowest BCUT2D eigenvalue weighted by atomic mass is 10.2. The molecular formula is C24H29ClN6O6S. The predicted octanol–water partition coefficient (Wildman–Crippen LogP) is 3.44. The van der Waals surface area contributed by atoms with Crippen molar-refractivity contribution in [2.45, 2.75) is 37.2 Å². The molecule has 0 saturated carbocycles. The molecule has 0 saturated heterocycles. The largest absolute Gasteiger partial charge is 0.494 e. The van der Waals surface area contributed by atoms with E-state index in [0.717, 1.165) is 5.57 Å². The number of para-hydroxylation sites is 1. The van der Waals surface area contributed by atoms with E-state index in [-0.39, 0.29) is 17.9 Å². The van der Waals surface area contributed by atoms with Crippen molar-refractivity contribution < 1.29 is 27.4 Å². The van der Waals surface area contributed by atoms with Gasteiger partial charge in [-0.1, -0.05) is 23.7 Å². The van der Waals surface area contributed by atoms with Crippen LogP contribution in [0.15, 0.2) is 36.7 Å². The molecule has 1 N–H and O–H groups in total. The van der Waals surface area contributed by atoms with Crippen LogP contribution in [0, 0.1) is 0 Å². The smallest absolute Gasteiger partial charge is 0.243 e. The molecule has 0 fully saturated rings. The molecule has 3 aromatic rings. The van der Waals surface area contributed by atoms with Crippen LogP contribution in [0.4, 0.5) is 5.95 Å². The Labute approximate surface area is 226 Å². The van der Waals surface area contributed by atoms with Gasteiger partial charge in [-0.05, 0) is 31.1 Å². The highest BCUT2D eigenvalue weighted by Crippen LogP contribution is 2.39. The number of ether oxygens (including phenoxy) is 4. The van der Waals surface area contributed by atoms with Crippen LogP contribution in [0.25, 0.3) is 11.3 Å². The molecule has 12 nitrogen and oxygen atoms in total. The number of nitrogens with one attached hydrogen (secondary N) is 1. The van der Waals surface area contributed by atoms with E-state index >= 15 is 0 Å². The molecule has 1 aliphatic rings. The fourth-order valence-corrected chi connectivity index (χ4v) is 5.46. The van der Waals surface area contributed by atoms with E-state index in [1.54, 1.807) is 29.9 Å². The maximum absolute atomic E-state index is 13.6. The van der Waals surface area contributed by atoms with Crippen LogP contribution in [0.1, 0.15) is 37.5 Å². The van der Waals surface area contributed by atoms with E-state index in [9.17, 15) is 8.42 Å². The summed E-state index contributed by atoms with van der Waals surface area (Å²) in [7, 11) is 1.94. The minimum Gasteiger partial charge on any atom is -0.494 e. The third kappa shape index (κ3) is 5.46. The second-order valence-corrected chi connectivity index (χ2v) is 11.0. The zero-order valence-electron chi connectivity index (χ0n) is 21.6. The highest BCUT2D eigenvalue weighted by Gasteiger charge is 2.35. The average molecular weight is 565 g/mol. The van der Waals surface area contributed by atoms with Gasteiger partial charge in [-0.2, -0.15) is 0 Å².